The third-order valence-electron chi connectivity index (χ3n) is 7.49. The maximum Gasteiger partial charge on any atom is 0.345 e. The quantitative estimate of drug-likeness (QED) is 0.124. The van der Waals surface area contributed by atoms with Crippen LogP contribution in [0.3, 0.4) is 0 Å². The first-order chi connectivity index (χ1) is 19.0. The zero-order chi connectivity index (χ0) is 28.1. The molecule has 0 bridgehead atoms. The molecule has 2 rings (SSSR count). The van der Waals surface area contributed by atoms with E-state index in [-0.39, 0.29) is 11.7 Å². The van der Waals surface area contributed by atoms with E-state index in [2.05, 4.69) is 26.5 Å². The zero-order valence-corrected chi connectivity index (χ0v) is 24.1. The summed E-state index contributed by atoms with van der Waals surface area (Å²) in [7, 11) is 0. The molecule has 1 atom stereocenters. The van der Waals surface area contributed by atoms with Gasteiger partial charge in [0.2, 0.25) is 0 Å². The first kappa shape index (κ1) is 32.9. The summed E-state index contributed by atoms with van der Waals surface area (Å²) < 4.78 is 0. The fraction of sp³-hybridized carbons (Fsp3) is 0.793. The van der Waals surface area contributed by atoms with E-state index in [1.165, 1.54) is 57.8 Å². The van der Waals surface area contributed by atoms with Gasteiger partial charge in [0.25, 0.3) is 5.09 Å². The Morgan fingerprint density at radius 3 is 1.92 bits per heavy atom. The largest absolute Gasteiger partial charge is 0.626 e. The Hall–Kier alpha value is -2.30. The van der Waals surface area contributed by atoms with Gasteiger partial charge < -0.3 is 20.0 Å². The van der Waals surface area contributed by atoms with Crippen LogP contribution in [-0.4, -0.2) is 66.8 Å². The number of rotatable bonds is 22. The molecule has 10 nitrogen and oxygen atoms in total. The number of carbonyl (C=O) groups is 1. The molecule has 0 aromatic carbocycles. The van der Waals surface area contributed by atoms with E-state index >= 15 is 0 Å². The Labute approximate surface area is 234 Å². The molecule has 1 N–H and O–H groups in total. The predicted octanol–water partition coefficient (Wildman–Crippen LogP) is 4.81. The number of hydrogen-bond donors (Lipinski definition) is 1. The second-order valence-electron chi connectivity index (χ2n) is 10.7. The van der Waals surface area contributed by atoms with Gasteiger partial charge in [-0.3, -0.25) is 4.90 Å². The van der Waals surface area contributed by atoms with Crippen LogP contribution in [-0.2, 0) is 4.84 Å². The number of pyridine rings is 1. The standard InChI is InChI=1S/C29H51N5O5/c1-2-19-31-21-23-32(24-22-31)28-18-17-27(26-30-28)29(35)33(36)20-15-13-11-9-7-5-3-4-6-8-10-12-14-16-25-39-34(37)38/h17-18,26,33H,2-16,19-25H2,1H3. The summed E-state index contributed by atoms with van der Waals surface area (Å²) >= 11 is 0. The molecule has 1 aliphatic rings. The van der Waals surface area contributed by atoms with Crippen molar-refractivity contribution in [2.24, 2.45) is 0 Å². The number of unbranched alkanes of at least 4 members (excludes halogenated alkanes) is 13. The molecule has 0 radical (unpaired) electrons. The average Bonchev–Trinajstić information content (AvgIpc) is 2.94. The molecular formula is C29H51N5O5. The predicted molar refractivity (Wildman–Crippen MR) is 154 cm³/mol. The van der Waals surface area contributed by atoms with Crippen LogP contribution in [0, 0.1) is 15.3 Å². The normalized spacial score (nSPS) is 14.9. The lowest BCUT2D eigenvalue weighted by Gasteiger charge is -2.35. The van der Waals surface area contributed by atoms with Crippen LogP contribution in [0.15, 0.2) is 18.3 Å². The molecule has 0 saturated carbocycles. The highest BCUT2D eigenvalue weighted by atomic mass is 16.9. The molecule has 10 heteroatoms. The maximum absolute atomic E-state index is 12.5. The Bertz CT molecular complexity index is 787. The lowest BCUT2D eigenvalue weighted by Crippen LogP contribution is -3.10. The number of hydrogen-bond acceptors (Lipinski definition) is 8. The SMILES string of the molecule is CCCN1CCN(c2ccc(C(=O)[NH+]([O-])CCCCCCCCCCCCCCCCO[N+](=O)[O-])cn2)CC1. The summed E-state index contributed by atoms with van der Waals surface area (Å²) in [6.45, 7) is 7.81. The van der Waals surface area contributed by atoms with Crippen molar-refractivity contribution in [3.8, 4) is 0 Å². The van der Waals surface area contributed by atoms with Gasteiger partial charge in [-0.15, -0.1) is 10.1 Å². The highest BCUT2D eigenvalue weighted by Crippen LogP contribution is 2.15. The molecule has 1 saturated heterocycles. The van der Waals surface area contributed by atoms with E-state index in [9.17, 15) is 20.1 Å². The minimum Gasteiger partial charge on any atom is -0.626 e. The zero-order valence-electron chi connectivity index (χ0n) is 24.1. The Morgan fingerprint density at radius 2 is 1.44 bits per heavy atom. The van der Waals surface area contributed by atoms with Gasteiger partial charge in [-0.05, 0) is 44.4 Å². The van der Waals surface area contributed by atoms with Crippen molar-refractivity contribution in [3.05, 3.63) is 39.2 Å². The van der Waals surface area contributed by atoms with Crippen LogP contribution < -0.4 is 9.96 Å². The first-order valence-electron chi connectivity index (χ1n) is 15.3. The van der Waals surface area contributed by atoms with Gasteiger partial charge >= 0.3 is 5.91 Å². The molecule has 1 unspecified atom stereocenters. The molecule has 39 heavy (non-hydrogen) atoms. The third kappa shape index (κ3) is 14.6. The smallest absolute Gasteiger partial charge is 0.345 e. The van der Waals surface area contributed by atoms with Crippen LogP contribution in [0.4, 0.5) is 5.82 Å². The Morgan fingerprint density at radius 1 is 0.897 bits per heavy atom. The molecule has 1 fully saturated rings. The van der Waals surface area contributed by atoms with Crippen molar-refractivity contribution >= 4 is 11.7 Å². The third-order valence-corrected chi connectivity index (χ3v) is 7.49. The molecule has 222 valence electrons. The number of amides is 1. The summed E-state index contributed by atoms with van der Waals surface area (Å²) in [6.07, 6.45) is 18.4. The van der Waals surface area contributed by atoms with Gasteiger partial charge in [0.15, 0.2) is 0 Å². The second kappa shape index (κ2) is 20.6. The number of nitrogens with one attached hydrogen (secondary N) is 1. The van der Waals surface area contributed by atoms with Gasteiger partial charge in [-0.1, -0.05) is 77.6 Å². The summed E-state index contributed by atoms with van der Waals surface area (Å²) in [5, 5.41) is 21.4. The Kier molecular flexibility index (Phi) is 17.4. The van der Waals surface area contributed by atoms with Crippen LogP contribution in [0.1, 0.15) is 114 Å². The van der Waals surface area contributed by atoms with Gasteiger partial charge in [-0.2, -0.15) is 0 Å². The first-order valence-corrected chi connectivity index (χ1v) is 15.3. The van der Waals surface area contributed by atoms with E-state index in [4.69, 9.17) is 0 Å². The van der Waals surface area contributed by atoms with E-state index in [0.29, 0.717) is 12.1 Å². The summed E-state index contributed by atoms with van der Waals surface area (Å²) in [5.41, 5.74) is 0.399. The molecule has 0 spiro atoms. The minimum atomic E-state index is -0.723. The lowest BCUT2D eigenvalue weighted by atomic mass is 10.0. The highest BCUT2D eigenvalue weighted by Gasteiger charge is 2.19. The molecule has 2 heterocycles. The number of carbonyl (C=O) groups excluding carboxylic acids is 1. The van der Waals surface area contributed by atoms with E-state index in [1.54, 1.807) is 12.3 Å². The van der Waals surface area contributed by atoms with Crippen LogP contribution in [0.25, 0.3) is 0 Å². The van der Waals surface area contributed by atoms with Gasteiger partial charge in [-0.25, -0.2) is 9.78 Å². The maximum atomic E-state index is 12.5. The number of quaternary nitrogens is 1. The van der Waals surface area contributed by atoms with Crippen molar-refractivity contribution in [2.75, 3.05) is 50.8 Å². The highest BCUT2D eigenvalue weighted by molar-refractivity contribution is 5.87. The van der Waals surface area contributed by atoms with Crippen molar-refractivity contribution in [3.63, 3.8) is 0 Å². The fourth-order valence-corrected chi connectivity index (χ4v) is 5.15. The summed E-state index contributed by atoms with van der Waals surface area (Å²) in [6, 6.07) is 3.62. The van der Waals surface area contributed by atoms with Crippen molar-refractivity contribution in [1.29, 1.82) is 0 Å². The second-order valence-corrected chi connectivity index (χ2v) is 10.7. The molecule has 1 aromatic rings. The number of hydroxylamine groups is 2. The number of anilines is 1. The number of piperazine rings is 1. The number of nitrogens with zero attached hydrogens (tertiary/aromatic N) is 4. The van der Waals surface area contributed by atoms with E-state index in [0.717, 1.165) is 77.1 Å². The Balaban J connectivity index is 1.42. The van der Waals surface area contributed by atoms with Gasteiger partial charge in [0.1, 0.15) is 5.82 Å². The van der Waals surface area contributed by atoms with E-state index < -0.39 is 11.0 Å². The van der Waals surface area contributed by atoms with Crippen molar-refractivity contribution in [2.45, 2.75) is 103 Å². The minimum absolute atomic E-state index is 0.214. The van der Waals surface area contributed by atoms with Crippen LogP contribution in [0.5, 0.6) is 0 Å². The summed E-state index contributed by atoms with van der Waals surface area (Å²) in [4.78, 5) is 36.1. The fourth-order valence-electron chi connectivity index (χ4n) is 5.15. The van der Waals surface area contributed by atoms with Gasteiger partial charge in [0, 0.05) is 32.4 Å². The van der Waals surface area contributed by atoms with Crippen LogP contribution >= 0.6 is 0 Å². The lowest BCUT2D eigenvalue weighted by molar-refractivity contribution is -0.757. The van der Waals surface area contributed by atoms with E-state index in [1.807, 2.05) is 6.07 Å². The molecule has 1 aromatic heterocycles. The topological polar surface area (TPSA) is 116 Å². The average molecular weight is 550 g/mol. The summed E-state index contributed by atoms with van der Waals surface area (Å²) in [5.74, 6) is 0.469. The molecular weight excluding hydrogens is 498 g/mol. The van der Waals surface area contributed by atoms with Crippen molar-refractivity contribution in [1.82, 2.24) is 9.88 Å². The van der Waals surface area contributed by atoms with Gasteiger partial charge in [0.05, 0.1) is 18.7 Å². The van der Waals surface area contributed by atoms with Crippen LogP contribution in [0.2, 0.25) is 0 Å². The monoisotopic (exact) mass is 549 g/mol. The molecule has 1 amide bonds. The van der Waals surface area contributed by atoms with Crippen molar-refractivity contribution < 1.29 is 19.8 Å². The molecule has 1 aliphatic heterocycles. The molecule has 0 aliphatic carbocycles. The number of aromatic nitrogens is 1.